The van der Waals surface area contributed by atoms with Crippen LogP contribution in [0.2, 0.25) is 0 Å². The lowest BCUT2D eigenvalue weighted by Gasteiger charge is -2.21. The maximum Gasteiger partial charge on any atom is 0.320 e. The number of esters is 1. The lowest BCUT2D eigenvalue weighted by atomic mass is 10.0. The second-order valence-corrected chi connectivity index (χ2v) is 6.02. The second-order valence-electron chi connectivity index (χ2n) is 3.91. The molecular formula is C10H21NO4S. The number of carbonyl (C=O) groups excluding carboxylic acids is 1. The molecule has 0 radical (unpaired) electrons. The minimum Gasteiger partial charge on any atom is -0.468 e. The molecule has 0 aliphatic carbocycles. The Labute approximate surface area is 97.5 Å². The summed E-state index contributed by atoms with van der Waals surface area (Å²) in [6, 6.07) is -0.125. The fourth-order valence-corrected chi connectivity index (χ4v) is 3.02. The summed E-state index contributed by atoms with van der Waals surface area (Å²) < 4.78 is 27.6. The van der Waals surface area contributed by atoms with Gasteiger partial charge in [-0.05, 0) is 13.0 Å². The largest absolute Gasteiger partial charge is 0.468 e. The molecule has 0 aliphatic rings. The van der Waals surface area contributed by atoms with Gasteiger partial charge >= 0.3 is 5.97 Å². The second kappa shape index (κ2) is 6.85. The third kappa shape index (κ3) is 5.46. The van der Waals surface area contributed by atoms with Crippen molar-refractivity contribution in [3.8, 4) is 0 Å². The Morgan fingerprint density at radius 3 is 2.38 bits per heavy atom. The molecule has 0 fully saturated rings. The van der Waals surface area contributed by atoms with Crippen LogP contribution in [0.15, 0.2) is 0 Å². The van der Waals surface area contributed by atoms with Crippen LogP contribution in [0.3, 0.4) is 0 Å². The van der Waals surface area contributed by atoms with E-state index in [1.165, 1.54) is 7.11 Å². The molecule has 2 atom stereocenters. The average Bonchev–Trinajstić information content (AvgIpc) is 2.24. The first-order chi connectivity index (χ1) is 7.36. The van der Waals surface area contributed by atoms with Crippen molar-refractivity contribution in [2.75, 3.05) is 25.7 Å². The van der Waals surface area contributed by atoms with E-state index in [1.807, 2.05) is 13.8 Å². The molecule has 1 N–H and O–H groups in total. The standard InChI is InChI=1S/C10H21NO4S/c1-5-8(2)9(11-3)6-16(13,14)7-10(12)15-4/h8-9,11H,5-7H2,1-4H3. The molecular weight excluding hydrogens is 230 g/mol. The minimum atomic E-state index is -3.40. The predicted molar refractivity (Wildman–Crippen MR) is 63.0 cm³/mol. The fraction of sp³-hybridized carbons (Fsp3) is 0.900. The van der Waals surface area contributed by atoms with E-state index >= 15 is 0 Å². The maximum absolute atomic E-state index is 11.6. The highest BCUT2D eigenvalue weighted by Crippen LogP contribution is 2.10. The Morgan fingerprint density at radius 2 is 2.00 bits per heavy atom. The molecule has 0 bridgehead atoms. The first-order valence-corrected chi connectivity index (χ1v) is 7.13. The maximum atomic E-state index is 11.6. The summed E-state index contributed by atoms with van der Waals surface area (Å²) in [5, 5.41) is 2.97. The van der Waals surface area contributed by atoms with Gasteiger partial charge in [-0.2, -0.15) is 0 Å². The van der Waals surface area contributed by atoms with Crippen LogP contribution < -0.4 is 5.32 Å². The van der Waals surface area contributed by atoms with Crippen LogP contribution in [0.25, 0.3) is 0 Å². The van der Waals surface area contributed by atoms with Gasteiger partial charge in [0.05, 0.1) is 12.9 Å². The van der Waals surface area contributed by atoms with E-state index in [4.69, 9.17) is 0 Å². The van der Waals surface area contributed by atoms with Gasteiger partial charge in [0.25, 0.3) is 0 Å². The predicted octanol–water partition coefficient (Wildman–Crippen LogP) is 0.208. The molecule has 16 heavy (non-hydrogen) atoms. The van der Waals surface area contributed by atoms with Crippen LogP contribution >= 0.6 is 0 Å². The summed E-state index contributed by atoms with van der Waals surface area (Å²) >= 11 is 0. The van der Waals surface area contributed by atoms with Gasteiger partial charge in [0.1, 0.15) is 5.75 Å². The molecule has 0 saturated heterocycles. The van der Waals surface area contributed by atoms with E-state index in [2.05, 4.69) is 10.1 Å². The summed E-state index contributed by atoms with van der Waals surface area (Å²) in [7, 11) is -0.487. The molecule has 2 unspecified atom stereocenters. The van der Waals surface area contributed by atoms with E-state index in [-0.39, 0.29) is 17.7 Å². The SMILES string of the molecule is CCC(C)C(CS(=O)(=O)CC(=O)OC)NC. The molecule has 0 aromatic carbocycles. The van der Waals surface area contributed by atoms with Crippen molar-refractivity contribution in [2.24, 2.45) is 5.92 Å². The van der Waals surface area contributed by atoms with Gasteiger partial charge in [0.2, 0.25) is 0 Å². The molecule has 0 aromatic heterocycles. The third-order valence-corrected chi connectivity index (χ3v) is 4.24. The van der Waals surface area contributed by atoms with Gasteiger partial charge < -0.3 is 10.1 Å². The molecule has 5 nitrogen and oxygen atoms in total. The van der Waals surface area contributed by atoms with E-state index < -0.39 is 21.6 Å². The van der Waals surface area contributed by atoms with Gasteiger partial charge in [-0.1, -0.05) is 20.3 Å². The average molecular weight is 251 g/mol. The van der Waals surface area contributed by atoms with Gasteiger partial charge in [-0.3, -0.25) is 4.79 Å². The number of hydrogen-bond acceptors (Lipinski definition) is 5. The topological polar surface area (TPSA) is 72.5 Å². The number of methoxy groups -OCH3 is 1. The smallest absolute Gasteiger partial charge is 0.320 e. The molecule has 0 rings (SSSR count). The number of sulfone groups is 1. The van der Waals surface area contributed by atoms with Crippen molar-refractivity contribution in [1.82, 2.24) is 5.32 Å². The highest BCUT2D eigenvalue weighted by atomic mass is 32.2. The highest BCUT2D eigenvalue weighted by Gasteiger charge is 2.24. The van der Waals surface area contributed by atoms with Crippen molar-refractivity contribution in [2.45, 2.75) is 26.3 Å². The van der Waals surface area contributed by atoms with Crippen molar-refractivity contribution in [3.05, 3.63) is 0 Å². The first-order valence-electron chi connectivity index (χ1n) is 5.30. The monoisotopic (exact) mass is 251 g/mol. The Kier molecular flexibility index (Phi) is 6.59. The molecule has 0 amide bonds. The molecule has 6 heteroatoms. The molecule has 0 aliphatic heterocycles. The zero-order chi connectivity index (χ0) is 12.8. The number of ether oxygens (including phenoxy) is 1. The van der Waals surface area contributed by atoms with E-state index in [0.29, 0.717) is 0 Å². The molecule has 96 valence electrons. The summed E-state index contributed by atoms with van der Waals surface area (Å²) in [5.74, 6) is -1.04. The number of hydrogen-bond donors (Lipinski definition) is 1. The van der Waals surface area contributed by atoms with E-state index in [9.17, 15) is 13.2 Å². The summed E-state index contributed by atoms with van der Waals surface area (Å²) in [6.45, 7) is 3.98. The first kappa shape index (κ1) is 15.4. The van der Waals surface area contributed by atoms with Crippen molar-refractivity contribution in [1.29, 1.82) is 0 Å². The van der Waals surface area contributed by atoms with Crippen LogP contribution in [-0.2, 0) is 19.4 Å². The van der Waals surface area contributed by atoms with Gasteiger partial charge in [0.15, 0.2) is 9.84 Å². The zero-order valence-corrected chi connectivity index (χ0v) is 11.1. The van der Waals surface area contributed by atoms with Crippen LogP contribution in [0, 0.1) is 5.92 Å². The van der Waals surface area contributed by atoms with Gasteiger partial charge in [-0.15, -0.1) is 0 Å². The minimum absolute atomic E-state index is 0.0341. The summed E-state index contributed by atoms with van der Waals surface area (Å²) in [5.41, 5.74) is 0. The summed E-state index contributed by atoms with van der Waals surface area (Å²) in [4.78, 5) is 10.9. The molecule has 0 heterocycles. The van der Waals surface area contributed by atoms with Crippen LogP contribution in [0.5, 0.6) is 0 Å². The summed E-state index contributed by atoms with van der Waals surface area (Å²) in [6.07, 6.45) is 0.888. The van der Waals surface area contributed by atoms with Crippen molar-refractivity contribution < 1.29 is 17.9 Å². The lowest BCUT2D eigenvalue weighted by molar-refractivity contribution is -0.137. The van der Waals surface area contributed by atoms with E-state index in [0.717, 1.165) is 6.42 Å². The van der Waals surface area contributed by atoms with Crippen LogP contribution in [0.4, 0.5) is 0 Å². The Bertz CT molecular complexity index is 313. The van der Waals surface area contributed by atoms with E-state index in [1.54, 1.807) is 7.05 Å². The van der Waals surface area contributed by atoms with Gasteiger partial charge in [0, 0.05) is 6.04 Å². The fourth-order valence-electron chi connectivity index (χ4n) is 1.39. The molecule has 0 aromatic rings. The highest BCUT2D eigenvalue weighted by molar-refractivity contribution is 7.92. The van der Waals surface area contributed by atoms with Crippen LogP contribution in [-0.4, -0.2) is 46.1 Å². The Balaban J connectivity index is 4.49. The molecule has 0 spiro atoms. The number of rotatable bonds is 7. The lowest BCUT2D eigenvalue weighted by Crippen LogP contribution is -2.39. The molecule has 0 saturated carbocycles. The van der Waals surface area contributed by atoms with Crippen LogP contribution in [0.1, 0.15) is 20.3 Å². The number of nitrogens with one attached hydrogen (secondary N) is 1. The van der Waals surface area contributed by atoms with Crippen molar-refractivity contribution in [3.63, 3.8) is 0 Å². The van der Waals surface area contributed by atoms with Gasteiger partial charge in [-0.25, -0.2) is 8.42 Å². The Hall–Kier alpha value is -0.620. The van der Waals surface area contributed by atoms with Crippen molar-refractivity contribution >= 4 is 15.8 Å². The zero-order valence-electron chi connectivity index (χ0n) is 10.3. The normalized spacial score (nSPS) is 15.5. The quantitative estimate of drug-likeness (QED) is 0.655. The third-order valence-electron chi connectivity index (χ3n) is 2.70. The Morgan fingerprint density at radius 1 is 1.44 bits per heavy atom. The number of carbonyl (C=O) groups is 1.